The van der Waals surface area contributed by atoms with Gasteiger partial charge in [0.15, 0.2) is 5.13 Å². The molecule has 5 nitrogen and oxygen atoms in total. The van der Waals surface area contributed by atoms with Gasteiger partial charge in [0.25, 0.3) is 0 Å². The Morgan fingerprint density at radius 3 is 2.68 bits per heavy atom. The van der Waals surface area contributed by atoms with Crippen LogP contribution in [-0.2, 0) is 4.74 Å². The van der Waals surface area contributed by atoms with E-state index in [-0.39, 0.29) is 6.09 Å². The number of hydrogen-bond acceptors (Lipinski definition) is 5. The summed E-state index contributed by atoms with van der Waals surface area (Å²) >= 11 is 7.19. The van der Waals surface area contributed by atoms with Gasteiger partial charge in [-0.25, -0.2) is 9.78 Å². The van der Waals surface area contributed by atoms with Crippen molar-refractivity contribution >= 4 is 34.2 Å². The molecule has 0 radical (unpaired) electrons. The topological polar surface area (TPSA) is 63.2 Å². The zero-order chi connectivity index (χ0) is 14.3. The second kappa shape index (κ2) is 7.55. The number of amides is 1. The van der Waals surface area contributed by atoms with Crippen molar-refractivity contribution in [2.24, 2.45) is 0 Å². The third-order valence-corrected chi connectivity index (χ3v) is 3.15. The highest BCUT2D eigenvalue weighted by atomic mass is 35.5. The molecular weight excluding hydrogens is 286 g/mol. The minimum Gasteiger partial charge on any atom is -0.444 e. The first-order valence-corrected chi connectivity index (χ1v) is 7.44. The van der Waals surface area contributed by atoms with Crippen molar-refractivity contribution in [1.29, 1.82) is 0 Å². The summed E-state index contributed by atoms with van der Waals surface area (Å²) in [6, 6.07) is 0. The number of anilines is 1. The second-order valence-electron chi connectivity index (χ2n) is 5.04. The molecule has 1 aromatic rings. The van der Waals surface area contributed by atoms with Crippen molar-refractivity contribution in [3.05, 3.63) is 10.5 Å². The van der Waals surface area contributed by atoms with E-state index in [0.717, 1.165) is 24.5 Å². The lowest BCUT2D eigenvalue weighted by Gasteiger charge is -2.19. The van der Waals surface area contributed by atoms with Gasteiger partial charge in [-0.05, 0) is 33.6 Å². The summed E-state index contributed by atoms with van der Waals surface area (Å²) in [7, 11) is 0. The third-order valence-electron chi connectivity index (χ3n) is 2.02. The van der Waals surface area contributed by atoms with E-state index in [9.17, 15) is 4.79 Å². The van der Waals surface area contributed by atoms with Gasteiger partial charge in [-0.2, -0.15) is 0 Å². The molecule has 19 heavy (non-hydrogen) atoms. The first-order valence-electron chi connectivity index (χ1n) is 6.18. The smallest absolute Gasteiger partial charge is 0.407 e. The summed E-state index contributed by atoms with van der Waals surface area (Å²) in [5, 5.41) is 9.01. The lowest BCUT2D eigenvalue weighted by atomic mass is 10.2. The molecule has 0 aliphatic rings. The summed E-state index contributed by atoms with van der Waals surface area (Å²) in [4.78, 5) is 15.4. The van der Waals surface area contributed by atoms with Crippen molar-refractivity contribution < 1.29 is 9.53 Å². The first kappa shape index (κ1) is 16.0. The number of ether oxygens (including phenoxy) is 1. The summed E-state index contributed by atoms with van der Waals surface area (Å²) in [6.07, 6.45) is 1.45. The van der Waals surface area contributed by atoms with E-state index in [2.05, 4.69) is 15.6 Å². The number of hydrogen-bond donors (Lipinski definition) is 2. The van der Waals surface area contributed by atoms with Crippen LogP contribution < -0.4 is 10.6 Å². The van der Waals surface area contributed by atoms with E-state index in [1.54, 1.807) is 5.38 Å². The Kier molecular flexibility index (Phi) is 6.37. The Morgan fingerprint density at radius 1 is 1.42 bits per heavy atom. The number of thiazole rings is 1. The van der Waals surface area contributed by atoms with E-state index in [0.29, 0.717) is 11.7 Å². The van der Waals surface area contributed by atoms with Crippen molar-refractivity contribution in [3.8, 4) is 0 Å². The molecule has 0 aliphatic carbocycles. The minimum atomic E-state index is -0.449. The molecule has 1 aromatic heterocycles. The Hall–Kier alpha value is -1.01. The molecule has 0 saturated carbocycles. The molecule has 0 fully saturated rings. The molecule has 0 atom stereocenters. The van der Waals surface area contributed by atoms with Gasteiger partial charge in [-0.15, -0.1) is 11.3 Å². The lowest BCUT2D eigenvalue weighted by Crippen LogP contribution is -2.33. The monoisotopic (exact) mass is 305 g/mol. The SMILES string of the molecule is CC(C)(C)OC(=O)NCCCCNc1nc(Cl)cs1. The molecule has 1 heterocycles. The van der Waals surface area contributed by atoms with Crippen LogP contribution in [0.4, 0.5) is 9.93 Å². The number of nitrogens with zero attached hydrogens (tertiary/aromatic N) is 1. The molecule has 7 heteroatoms. The Labute approximate surface area is 122 Å². The number of unbranched alkanes of at least 4 members (excludes halogenated alkanes) is 1. The van der Waals surface area contributed by atoms with Crippen LogP contribution >= 0.6 is 22.9 Å². The molecule has 0 spiro atoms. The van der Waals surface area contributed by atoms with Gasteiger partial charge in [0.1, 0.15) is 10.8 Å². The Bertz CT molecular complexity index is 404. The highest BCUT2D eigenvalue weighted by Gasteiger charge is 2.15. The molecule has 0 saturated heterocycles. The van der Waals surface area contributed by atoms with Gasteiger partial charge in [-0.3, -0.25) is 0 Å². The van der Waals surface area contributed by atoms with Gasteiger partial charge >= 0.3 is 6.09 Å². The van der Waals surface area contributed by atoms with Crippen LogP contribution in [0.5, 0.6) is 0 Å². The summed E-state index contributed by atoms with van der Waals surface area (Å²) in [6.45, 7) is 6.94. The maximum absolute atomic E-state index is 11.3. The van der Waals surface area contributed by atoms with Gasteiger partial charge in [0, 0.05) is 18.5 Å². The number of carbonyl (C=O) groups is 1. The molecule has 0 bridgehead atoms. The normalized spacial score (nSPS) is 11.2. The number of carbonyl (C=O) groups excluding carboxylic acids is 1. The predicted octanol–water partition coefficient (Wildman–Crippen LogP) is 3.51. The zero-order valence-electron chi connectivity index (χ0n) is 11.5. The van der Waals surface area contributed by atoms with Gasteiger partial charge < -0.3 is 15.4 Å². The van der Waals surface area contributed by atoms with E-state index in [1.165, 1.54) is 11.3 Å². The maximum Gasteiger partial charge on any atom is 0.407 e. The fourth-order valence-electron chi connectivity index (χ4n) is 1.29. The van der Waals surface area contributed by atoms with E-state index >= 15 is 0 Å². The highest BCUT2D eigenvalue weighted by Crippen LogP contribution is 2.18. The molecule has 0 unspecified atom stereocenters. The van der Waals surface area contributed by atoms with Crippen molar-refractivity contribution in [2.45, 2.75) is 39.2 Å². The fourth-order valence-corrected chi connectivity index (χ4v) is 2.15. The van der Waals surface area contributed by atoms with Crippen molar-refractivity contribution in [1.82, 2.24) is 10.3 Å². The van der Waals surface area contributed by atoms with Crippen LogP contribution in [-0.4, -0.2) is 29.8 Å². The quantitative estimate of drug-likeness (QED) is 0.789. The molecule has 1 rings (SSSR count). The Morgan fingerprint density at radius 2 is 2.11 bits per heavy atom. The second-order valence-corrected chi connectivity index (χ2v) is 6.28. The molecule has 0 aromatic carbocycles. The zero-order valence-corrected chi connectivity index (χ0v) is 13.0. The number of rotatable bonds is 6. The highest BCUT2D eigenvalue weighted by molar-refractivity contribution is 7.14. The van der Waals surface area contributed by atoms with Crippen LogP contribution in [0.3, 0.4) is 0 Å². The van der Waals surface area contributed by atoms with Crippen molar-refractivity contribution in [2.75, 3.05) is 18.4 Å². The fraction of sp³-hybridized carbons (Fsp3) is 0.667. The Balaban J connectivity index is 2.01. The summed E-state index contributed by atoms with van der Waals surface area (Å²) < 4.78 is 5.13. The third kappa shape index (κ3) is 7.89. The average Bonchev–Trinajstić information content (AvgIpc) is 2.67. The van der Waals surface area contributed by atoms with Crippen LogP contribution in [0.25, 0.3) is 0 Å². The first-order chi connectivity index (χ1) is 8.87. The molecule has 1 amide bonds. The van der Waals surface area contributed by atoms with Gasteiger partial charge in [-0.1, -0.05) is 11.6 Å². The molecule has 0 aliphatic heterocycles. The van der Waals surface area contributed by atoms with Gasteiger partial charge in [0.2, 0.25) is 0 Å². The molecule has 108 valence electrons. The van der Waals surface area contributed by atoms with E-state index in [4.69, 9.17) is 16.3 Å². The number of aromatic nitrogens is 1. The molecule has 2 N–H and O–H groups in total. The predicted molar refractivity (Wildman–Crippen MR) is 79.1 cm³/mol. The minimum absolute atomic E-state index is 0.368. The summed E-state index contributed by atoms with van der Waals surface area (Å²) in [5.41, 5.74) is -0.449. The lowest BCUT2D eigenvalue weighted by molar-refractivity contribution is 0.0527. The number of nitrogens with one attached hydrogen (secondary N) is 2. The van der Waals surface area contributed by atoms with E-state index < -0.39 is 5.60 Å². The number of halogens is 1. The van der Waals surface area contributed by atoms with Crippen molar-refractivity contribution in [3.63, 3.8) is 0 Å². The maximum atomic E-state index is 11.3. The van der Waals surface area contributed by atoms with Gasteiger partial charge in [0.05, 0.1) is 0 Å². The average molecular weight is 306 g/mol. The van der Waals surface area contributed by atoms with Crippen LogP contribution in [0, 0.1) is 0 Å². The molecular formula is C12H20ClN3O2S. The largest absolute Gasteiger partial charge is 0.444 e. The standard InChI is InChI=1S/C12H20ClN3O2S/c1-12(2,3)18-11(17)15-7-5-4-6-14-10-16-9(13)8-19-10/h8H,4-7H2,1-3H3,(H,14,16)(H,15,17). The van der Waals surface area contributed by atoms with Crippen LogP contribution in [0.15, 0.2) is 5.38 Å². The summed E-state index contributed by atoms with van der Waals surface area (Å²) in [5.74, 6) is 0. The van der Waals surface area contributed by atoms with Crippen LogP contribution in [0.1, 0.15) is 33.6 Å². The van der Waals surface area contributed by atoms with E-state index in [1.807, 2.05) is 20.8 Å². The van der Waals surface area contributed by atoms with Crippen LogP contribution in [0.2, 0.25) is 5.15 Å². The number of alkyl carbamates (subject to hydrolysis) is 1.